The first kappa shape index (κ1) is 18.1. The molecule has 0 fully saturated rings. The van der Waals surface area contributed by atoms with Gasteiger partial charge in [-0.3, -0.25) is 4.79 Å². The number of benzene rings is 2. The molecule has 1 amide bonds. The van der Waals surface area contributed by atoms with Crippen LogP contribution in [0.2, 0.25) is 0 Å². The highest BCUT2D eigenvalue weighted by molar-refractivity contribution is 5.95. The molecule has 4 heteroatoms. The Morgan fingerprint density at radius 1 is 1.12 bits per heavy atom. The summed E-state index contributed by atoms with van der Waals surface area (Å²) in [6.07, 6.45) is 0.790. The second kappa shape index (κ2) is 7.24. The van der Waals surface area contributed by atoms with Gasteiger partial charge in [0, 0.05) is 23.1 Å². The molecule has 1 heterocycles. The Kier molecular flexibility index (Phi) is 5.03. The van der Waals surface area contributed by atoms with Gasteiger partial charge in [-0.15, -0.1) is 0 Å². The van der Waals surface area contributed by atoms with Crippen LogP contribution in [0.25, 0.3) is 10.9 Å². The minimum atomic E-state index is -0.608. The summed E-state index contributed by atoms with van der Waals surface area (Å²) in [5.74, 6) is 0.882. The zero-order valence-corrected chi connectivity index (χ0v) is 15.8. The Bertz CT molecular complexity index is 908. The smallest absolute Gasteiger partial charge is 0.230 e. The summed E-state index contributed by atoms with van der Waals surface area (Å²) < 4.78 is 5.17. The van der Waals surface area contributed by atoms with E-state index < -0.39 is 5.41 Å². The van der Waals surface area contributed by atoms with E-state index in [9.17, 15) is 4.79 Å². The first-order chi connectivity index (χ1) is 12.4. The molecule has 1 aromatic heterocycles. The Balaban J connectivity index is 1.70. The highest BCUT2D eigenvalue weighted by atomic mass is 16.5. The number of H-pyrrole nitrogens is 1. The standard InChI is InChI=1S/C22H26N2O2/c1-15-20(18-7-5-6-8-19(18)24-15)22(2,3)21(25)23-14-13-16-9-11-17(26-4)12-10-16/h5-12,24H,13-14H2,1-4H3,(H,23,25). The Hall–Kier alpha value is -2.75. The molecule has 3 rings (SSSR count). The summed E-state index contributed by atoms with van der Waals surface area (Å²) in [6, 6.07) is 16.1. The van der Waals surface area contributed by atoms with E-state index in [1.807, 2.05) is 63.2 Å². The largest absolute Gasteiger partial charge is 0.497 e. The van der Waals surface area contributed by atoms with Crippen molar-refractivity contribution in [1.82, 2.24) is 10.3 Å². The Labute approximate surface area is 154 Å². The summed E-state index contributed by atoms with van der Waals surface area (Å²) in [5, 5.41) is 4.21. The summed E-state index contributed by atoms with van der Waals surface area (Å²) in [4.78, 5) is 16.3. The minimum absolute atomic E-state index is 0.0406. The van der Waals surface area contributed by atoms with Crippen LogP contribution in [0.15, 0.2) is 48.5 Å². The second-order valence-electron chi connectivity index (χ2n) is 7.15. The van der Waals surface area contributed by atoms with Gasteiger partial charge in [0.15, 0.2) is 0 Å². The molecule has 0 radical (unpaired) electrons. The van der Waals surface area contributed by atoms with E-state index in [2.05, 4.69) is 16.4 Å². The summed E-state index contributed by atoms with van der Waals surface area (Å²) in [6.45, 7) is 6.61. The number of hydrogen-bond acceptors (Lipinski definition) is 2. The van der Waals surface area contributed by atoms with Crippen LogP contribution in [0, 0.1) is 6.92 Å². The number of carbonyl (C=O) groups excluding carboxylic acids is 1. The number of para-hydroxylation sites is 1. The van der Waals surface area contributed by atoms with Crippen LogP contribution in [-0.4, -0.2) is 24.5 Å². The predicted octanol–water partition coefficient (Wildman–Crippen LogP) is 4.12. The molecule has 0 aliphatic carbocycles. The van der Waals surface area contributed by atoms with E-state index in [4.69, 9.17) is 4.74 Å². The molecule has 0 saturated heterocycles. The molecule has 0 bridgehead atoms. The van der Waals surface area contributed by atoms with Crippen LogP contribution in [0.4, 0.5) is 0 Å². The molecule has 2 N–H and O–H groups in total. The lowest BCUT2D eigenvalue weighted by Crippen LogP contribution is -2.41. The Morgan fingerprint density at radius 3 is 2.50 bits per heavy atom. The molecule has 0 atom stereocenters. The van der Waals surface area contributed by atoms with Gasteiger partial charge in [0.25, 0.3) is 0 Å². The summed E-state index contributed by atoms with van der Waals surface area (Å²) in [7, 11) is 1.66. The highest BCUT2D eigenvalue weighted by Gasteiger charge is 2.33. The third-order valence-corrected chi connectivity index (χ3v) is 4.94. The fourth-order valence-electron chi connectivity index (χ4n) is 3.53. The first-order valence-corrected chi connectivity index (χ1v) is 8.92. The van der Waals surface area contributed by atoms with Gasteiger partial charge in [0.05, 0.1) is 12.5 Å². The van der Waals surface area contributed by atoms with Gasteiger partial charge >= 0.3 is 0 Å². The number of fused-ring (bicyclic) bond motifs is 1. The number of carbonyl (C=O) groups is 1. The molecule has 26 heavy (non-hydrogen) atoms. The van der Waals surface area contributed by atoms with Crippen molar-refractivity contribution in [3.8, 4) is 5.75 Å². The van der Waals surface area contributed by atoms with Crippen molar-refractivity contribution in [2.24, 2.45) is 0 Å². The Morgan fingerprint density at radius 2 is 1.81 bits per heavy atom. The van der Waals surface area contributed by atoms with Crippen molar-refractivity contribution in [1.29, 1.82) is 0 Å². The van der Waals surface area contributed by atoms with Gasteiger partial charge in [-0.1, -0.05) is 30.3 Å². The van der Waals surface area contributed by atoms with Crippen molar-refractivity contribution in [2.75, 3.05) is 13.7 Å². The summed E-state index contributed by atoms with van der Waals surface area (Å²) >= 11 is 0. The summed E-state index contributed by atoms with van der Waals surface area (Å²) in [5.41, 5.74) is 3.74. The average Bonchev–Trinajstić information content (AvgIpc) is 2.98. The van der Waals surface area contributed by atoms with Crippen LogP contribution < -0.4 is 10.1 Å². The monoisotopic (exact) mass is 350 g/mol. The molecule has 136 valence electrons. The molecule has 0 aliphatic heterocycles. The lowest BCUT2D eigenvalue weighted by atomic mass is 9.81. The van der Waals surface area contributed by atoms with Crippen molar-refractivity contribution >= 4 is 16.8 Å². The van der Waals surface area contributed by atoms with Gasteiger partial charge in [-0.25, -0.2) is 0 Å². The number of methoxy groups -OCH3 is 1. The fraction of sp³-hybridized carbons (Fsp3) is 0.318. The van der Waals surface area contributed by atoms with Gasteiger partial charge in [-0.2, -0.15) is 0 Å². The van der Waals surface area contributed by atoms with Gasteiger partial charge < -0.3 is 15.0 Å². The number of aryl methyl sites for hydroxylation is 1. The van der Waals surface area contributed by atoms with Crippen LogP contribution in [-0.2, 0) is 16.6 Å². The van der Waals surface area contributed by atoms with E-state index in [0.717, 1.165) is 34.3 Å². The molecule has 0 aliphatic rings. The molecule has 4 nitrogen and oxygen atoms in total. The molecule has 2 aromatic carbocycles. The number of ether oxygens (including phenoxy) is 1. The number of hydrogen-bond donors (Lipinski definition) is 2. The SMILES string of the molecule is COc1ccc(CCNC(=O)C(C)(C)c2c(C)[nH]c3ccccc23)cc1. The first-order valence-electron chi connectivity index (χ1n) is 8.92. The van der Waals surface area contributed by atoms with Crippen LogP contribution in [0.5, 0.6) is 5.75 Å². The quantitative estimate of drug-likeness (QED) is 0.702. The molecule has 0 unspecified atom stereocenters. The number of rotatable bonds is 6. The van der Waals surface area contributed by atoms with E-state index >= 15 is 0 Å². The van der Waals surface area contributed by atoms with Crippen molar-refractivity contribution < 1.29 is 9.53 Å². The maximum Gasteiger partial charge on any atom is 0.230 e. The maximum atomic E-state index is 12.9. The van der Waals surface area contributed by atoms with Gasteiger partial charge in [-0.05, 0) is 56.5 Å². The van der Waals surface area contributed by atoms with Crippen molar-refractivity contribution in [2.45, 2.75) is 32.6 Å². The molecule has 0 saturated carbocycles. The van der Waals surface area contributed by atoms with Crippen LogP contribution in [0.1, 0.15) is 30.7 Å². The third-order valence-electron chi connectivity index (χ3n) is 4.94. The zero-order valence-electron chi connectivity index (χ0n) is 15.8. The third kappa shape index (κ3) is 3.45. The fourth-order valence-corrected chi connectivity index (χ4v) is 3.53. The lowest BCUT2D eigenvalue weighted by Gasteiger charge is -2.24. The second-order valence-corrected chi connectivity index (χ2v) is 7.15. The number of amides is 1. The van der Waals surface area contributed by atoms with Crippen LogP contribution >= 0.6 is 0 Å². The molecular weight excluding hydrogens is 324 g/mol. The van der Waals surface area contributed by atoms with E-state index in [1.165, 1.54) is 5.56 Å². The minimum Gasteiger partial charge on any atom is -0.497 e. The van der Waals surface area contributed by atoms with Crippen molar-refractivity contribution in [3.63, 3.8) is 0 Å². The molecular formula is C22H26N2O2. The maximum absolute atomic E-state index is 12.9. The topological polar surface area (TPSA) is 54.1 Å². The molecule has 0 spiro atoms. The normalized spacial score (nSPS) is 11.5. The van der Waals surface area contributed by atoms with Gasteiger partial charge in [0.1, 0.15) is 5.75 Å². The average molecular weight is 350 g/mol. The van der Waals surface area contributed by atoms with Crippen LogP contribution in [0.3, 0.4) is 0 Å². The predicted molar refractivity (Wildman–Crippen MR) is 106 cm³/mol. The number of nitrogens with one attached hydrogen (secondary N) is 2. The van der Waals surface area contributed by atoms with E-state index in [1.54, 1.807) is 7.11 Å². The zero-order chi connectivity index (χ0) is 18.7. The lowest BCUT2D eigenvalue weighted by molar-refractivity contribution is -0.125. The number of aromatic amines is 1. The van der Waals surface area contributed by atoms with Crippen molar-refractivity contribution in [3.05, 3.63) is 65.4 Å². The van der Waals surface area contributed by atoms with E-state index in [-0.39, 0.29) is 5.91 Å². The number of aromatic nitrogens is 1. The highest BCUT2D eigenvalue weighted by Crippen LogP contribution is 2.33. The van der Waals surface area contributed by atoms with Gasteiger partial charge in [0.2, 0.25) is 5.91 Å². The van der Waals surface area contributed by atoms with E-state index in [0.29, 0.717) is 6.54 Å². The molecule has 3 aromatic rings.